The van der Waals surface area contributed by atoms with Crippen LogP contribution in [0, 0.1) is 6.92 Å². The Hall–Kier alpha value is -3.27. The van der Waals surface area contributed by atoms with Crippen molar-refractivity contribution in [3.8, 4) is 5.75 Å². The number of carbonyl (C=O) groups is 2. The number of benzene rings is 2. The van der Waals surface area contributed by atoms with Crippen LogP contribution in [0.15, 0.2) is 66.7 Å². The quantitative estimate of drug-likeness (QED) is 0.468. The second-order valence-electron chi connectivity index (χ2n) is 6.86. The number of ether oxygens (including phenoxy) is 1. The Kier molecular flexibility index (Phi) is 5.99. The molecule has 0 bridgehead atoms. The number of rotatable bonds is 7. The Bertz CT molecular complexity index is 989. The summed E-state index contributed by atoms with van der Waals surface area (Å²) in [6.07, 6.45) is 0.569. The van der Waals surface area contributed by atoms with Crippen LogP contribution >= 0.6 is 0 Å². The summed E-state index contributed by atoms with van der Waals surface area (Å²) in [5.74, 6) is 0.813. The van der Waals surface area contributed by atoms with E-state index in [0.29, 0.717) is 17.5 Å². The molecule has 0 radical (unpaired) electrons. The van der Waals surface area contributed by atoms with Crippen molar-refractivity contribution >= 4 is 11.6 Å². The average Bonchev–Trinajstić information content (AvgIpc) is 2.71. The normalized spacial score (nSPS) is 10.5. The van der Waals surface area contributed by atoms with Gasteiger partial charge in [-0.05, 0) is 37.3 Å². The van der Waals surface area contributed by atoms with Crippen molar-refractivity contribution in [2.45, 2.75) is 19.8 Å². The van der Waals surface area contributed by atoms with Gasteiger partial charge in [0.15, 0.2) is 23.0 Å². The third-order valence-electron chi connectivity index (χ3n) is 4.91. The van der Waals surface area contributed by atoms with Crippen molar-refractivity contribution in [3.05, 3.63) is 94.8 Å². The van der Waals surface area contributed by atoms with Crippen molar-refractivity contribution in [2.24, 2.45) is 7.05 Å². The zero-order valence-electron chi connectivity index (χ0n) is 16.4. The predicted octanol–water partition coefficient (Wildman–Crippen LogP) is 3.68. The minimum atomic E-state index is 0.0280. The number of carbonyl (C=O) groups excluding carboxylic acids is 2. The molecule has 0 amide bonds. The van der Waals surface area contributed by atoms with Crippen LogP contribution in [0.1, 0.15) is 37.7 Å². The molecule has 0 aliphatic rings. The summed E-state index contributed by atoms with van der Waals surface area (Å²) in [4.78, 5) is 25.2. The highest BCUT2D eigenvalue weighted by Crippen LogP contribution is 2.13. The molecule has 142 valence electrons. The lowest BCUT2D eigenvalue weighted by Crippen LogP contribution is -2.40. The molecule has 3 aromatic rings. The molecule has 4 heteroatoms. The zero-order valence-corrected chi connectivity index (χ0v) is 16.4. The third-order valence-corrected chi connectivity index (χ3v) is 4.91. The fourth-order valence-corrected chi connectivity index (χ4v) is 3.08. The van der Waals surface area contributed by atoms with Crippen molar-refractivity contribution in [2.75, 3.05) is 7.11 Å². The van der Waals surface area contributed by atoms with E-state index in [9.17, 15) is 9.59 Å². The molecule has 0 saturated carbocycles. The molecule has 3 rings (SSSR count). The number of hydrogen-bond donors (Lipinski definition) is 0. The summed E-state index contributed by atoms with van der Waals surface area (Å²) < 4.78 is 7.07. The molecule has 28 heavy (non-hydrogen) atoms. The molecular formula is C24H24NO3+. The van der Waals surface area contributed by atoms with Gasteiger partial charge in [-0.25, -0.2) is 4.57 Å². The number of pyridine rings is 1. The van der Waals surface area contributed by atoms with Gasteiger partial charge in [-0.2, -0.15) is 0 Å². The molecule has 0 N–H and O–H groups in total. The summed E-state index contributed by atoms with van der Waals surface area (Å²) in [6.45, 7) is 2.00. The SMILES string of the molecule is COc1ccc(C(=O)Cc2cccc(CC(=O)c3ccc(C)cc3)[n+]2C)cc1. The van der Waals surface area contributed by atoms with Crippen molar-refractivity contribution in [1.82, 2.24) is 0 Å². The second-order valence-corrected chi connectivity index (χ2v) is 6.86. The second kappa shape index (κ2) is 8.61. The lowest BCUT2D eigenvalue weighted by molar-refractivity contribution is -0.685. The molecule has 0 aliphatic carbocycles. The van der Waals surface area contributed by atoms with E-state index in [0.717, 1.165) is 22.7 Å². The van der Waals surface area contributed by atoms with E-state index in [4.69, 9.17) is 4.74 Å². The van der Waals surface area contributed by atoms with Crippen LogP contribution in [-0.2, 0) is 19.9 Å². The first-order valence-corrected chi connectivity index (χ1v) is 9.22. The molecule has 0 fully saturated rings. The number of Topliss-reactive ketones (excluding diaryl/α,β-unsaturated/α-hetero) is 2. The molecular weight excluding hydrogens is 350 g/mol. The van der Waals surface area contributed by atoms with Gasteiger partial charge in [-0.3, -0.25) is 9.59 Å². The van der Waals surface area contributed by atoms with Gasteiger partial charge in [-0.1, -0.05) is 29.8 Å². The van der Waals surface area contributed by atoms with Gasteiger partial charge in [0.25, 0.3) is 0 Å². The summed E-state index contributed by atoms with van der Waals surface area (Å²) in [6, 6.07) is 20.4. The van der Waals surface area contributed by atoms with Gasteiger partial charge in [-0.15, -0.1) is 0 Å². The molecule has 0 aliphatic heterocycles. The van der Waals surface area contributed by atoms with E-state index in [-0.39, 0.29) is 18.0 Å². The van der Waals surface area contributed by atoms with Crippen LogP contribution in [-0.4, -0.2) is 18.7 Å². The zero-order chi connectivity index (χ0) is 20.1. The van der Waals surface area contributed by atoms with Gasteiger partial charge in [0, 0.05) is 23.3 Å². The van der Waals surface area contributed by atoms with E-state index in [1.54, 1.807) is 31.4 Å². The van der Waals surface area contributed by atoms with Gasteiger partial charge in [0.1, 0.15) is 12.8 Å². The number of methoxy groups -OCH3 is 1. The summed E-state index contributed by atoms with van der Waals surface area (Å²) in [5, 5.41) is 0. The third kappa shape index (κ3) is 4.52. The molecule has 0 unspecified atom stereocenters. The van der Waals surface area contributed by atoms with Gasteiger partial charge < -0.3 is 4.74 Å². The summed E-state index contributed by atoms with van der Waals surface area (Å²) in [7, 11) is 3.49. The molecule has 1 aromatic heterocycles. The largest absolute Gasteiger partial charge is 0.497 e. The molecule has 0 saturated heterocycles. The fourth-order valence-electron chi connectivity index (χ4n) is 3.08. The lowest BCUT2D eigenvalue weighted by Gasteiger charge is -2.06. The van der Waals surface area contributed by atoms with Crippen molar-refractivity contribution in [3.63, 3.8) is 0 Å². The van der Waals surface area contributed by atoms with E-state index in [1.165, 1.54) is 0 Å². The molecule has 4 nitrogen and oxygen atoms in total. The Balaban J connectivity index is 1.75. The average molecular weight is 374 g/mol. The molecule has 1 heterocycles. The van der Waals surface area contributed by atoms with E-state index in [1.807, 2.05) is 61.0 Å². The number of aromatic nitrogens is 1. The maximum atomic E-state index is 12.6. The Morgan fingerprint density at radius 2 is 1.25 bits per heavy atom. The number of ketones is 2. The minimum Gasteiger partial charge on any atom is -0.497 e. The highest BCUT2D eigenvalue weighted by atomic mass is 16.5. The van der Waals surface area contributed by atoms with Crippen LogP contribution in [0.4, 0.5) is 0 Å². The topological polar surface area (TPSA) is 47.3 Å². The first-order valence-electron chi connectivity index (χ1n) is 9.22. The van der Waals surface area contributed by atoms with Crippen molar-refractivity contribution in [1.29, 1.82) is 0 Å². The van der Waals surface area contributed by atoms with Crippen LogP contribution in [0.3, 0.4) is 0 Å². The minimum absolute atomic E-state index is 0.0280. The highest BCUT2D eigenvalue weighted by Gasteiger charge is 2.19. The van der Waals surface area contributed by atoms with E-state index < -0.39 is 0 Å². The Morgan fingerprint density at radius 3 is 1.71 bits per heavy atom. The van der Waals surface area contributed by atoms with Crippen LogP contribution in [0.25, 0.3) is 0 Å². The van der Waals surface area contributed by atoms with Gasteiger partial charge in [0.05, 0.1) is 20.0 Å². The maximum absolute atomic E-state index is 12.6. The first kappa shape index (κ1) is 19.5. The lowest BCUT2D eigenvalue weighted by atomic mass is 10.0. The Morgan fingerprint density at radius 1 is 0.786 bits per heavy atom. The molecule has 0 atom stereocenters. The van der Waals surface area contributed by atoms with Crippen molar-refractivity contribution < 1.29 is 18.9 Å². The molecule has 0 spiro atoms. The monoisotopic (exact) mass is 374 g/mol. The maximum Gasteiger partial charge on any atom is 0.189 e. The van der Waals surface area contributed by atoms with Gasteiger partial charge >= 0.3 is 0 Å². The van der Waals surface area contributed by atoms with Gasteiger partial charge in [0.2, 0.25) is 0 Å². The standard InChI is InChI=1S/C24H24NO3/c1-17-7-9-18(10-8-17)23(26)15-20-5-4-6-21(25(20)2)16-24(27)19-11-13-22(28-3)14-12-19/h4-14H,15-16H2,1-3H3/q+1. The van der Waals surface area contributed by atoms with E-state index in [2.05, 4.69) is 0 Å². The number of hydrogen-bond acceptors (Lipinski definition) is 3. The van der Waals surface area contributed by atoms with Crippen LogP contribution in [0.5, 0.6) is 5.75 Å². The fraction of sp³-hybridized carbons (Fsp3) is 0.208. The van der Waals surface area contributed by atoms with Crippen LogP contribution in [0.2, 0.25) is 0 Å². The first-order chi connectivity index (χ1) is 13.5. The van der Waals surface area contributed by atoms with Crippen LogP contribution < -0.4 is 9.30 Å². The number of nitrogens with zero attached hydrogens (tertiary/aromatic N) is 1. The predicted molar refractivity (Wildman–Crippen MR) is 108 cm³/mol. The van der Waals surface area contributed by atoms with E-state index >= 15 is 0 Å². The Labute approximate surface area is 165 Å². The number of aryl methyl sites for hydroxylation is 1. The smallest absolute Gasteiger partial charge is 0.189 e. The highest BCUT2D eigenvalue weighted by molar-refractivity contribution is 5.98. The summed E-state index contributed by atoms with van der Waals surface area (Å²) >= 11 is 0. The molecule has 2 aromatic carbocycles. The summed E-state index contributed by atoms with van der Waals surface area (Å²) in [5.41, 5.74) is 4.22.